The van der Waals surface area contributed by atoms with Crippen LogP contribution < -0.4 is 10.6 Å². The van der Waals surface area contributed by atoms with Gasteiger partial charge >= 0.3 is 0 Å². The zero-order valence-electron chi connectivity index (χ0n) is 9.50. The van der Waals surface area contributed by atoms with E-state index in [2.05, 4.69) is 21.8 Å². The van der Waals surface area contributed by atoms with Gasteiger partial charge in [-0.2, -0.15) is 10.4 Å². The third-order valence-electron chi connectivity index (χ3n) is 2.70. The number of rotatable bonds is 2. The van der Waals surface area contributed by atoms with E-state index in [0.29, 0.717) is 5.56 Å². The summed E-state index contributed by atoms with van der Waals surface area (Å²) < 4.78 is 1.77. The van der Waals surface area contributed by atoms with Gasteiger partial charge in [0.05, 0.1) is 34.8 Å². The Morgan fingerprint density at radius 1 is 1.38 bits per heavy atom. The Balaban J connectivity index is 2.87. The lowest BCUT2D eigenvalue weighted by atomic mass is 10.2. The van der Waals surface area contributed by atoms with Gasteiger partial charge in [-0.1, -0.05) is 0 Å². The van der Waals surface area contributed by atoms with E-state index < -0.39 is 0 Å². The minimum absolute atomic E-state index is 0.554. The lowest BCUT2D eigenvalue weighted by molar-refractivity contribution is 0.937. The minimum atomic E-state index is 0.554. The molecule has 5 nitrogen and oxygen atoms in total. The van der Waals surface area contributed by atoms with Crippen molar-refractivity contribution in [2.24, 2.45) is 0 Å². The average Bonchev–Trinajstić information content (AvgIpc) is 2.65. The second kappa shape index (κ2) is 3.74. The molecule has 2 rings (SSSR count). The van der Waals surface area contributed by atoms with Gasteiger partial charge in [0.15, 0.2) is 0 Å². The molecular weight excluding hydrogens is 202 g/mol. The maximum atomic E-state index is 9.01. The molecule has 2 N–H and O–H groups in total. The molecule has 0 aliphatic rings. The third kappa shape index (κ3) is 1.27. The third-order valence-corrected chi connectivity index (χ3v) is 2.70. The van der Waals surface area contributed by atoms with Gasteiger partial charge in [0.1, 0.15) is 6.07 Å². The molecule has 0 bridgehead atoms. The molecule has 16 heavy (non-hydrogen) atoms. The second-order valence-corrected chi connectivity index (χ2v) is 3.51. The number of hydrogen-bond acceptors (Lipinski definition) is 4. The molecular formula is C11H13N5. The van der Waals surface area contributed by atoms with Crippen LogP contribution in [0.2, 0.25) is 0 Å². The van der Waals surface area contributed by atoms with Crippen LogP contribution in [0.1, 0.15) is 11.1 Å². The molecule has 0 saturated heterocycles. The number of hydrogen-bond donors (Lipinski definition) is 2. The topological polar surface area (TPSA) is 65.1 Å². The molecule has 0 fully saturated rings. The van der Waals surface area contributed by atoms with E-state index in [0.717, 1.165) is 22.5 Å². The summed E-state index contributed by atoms with van der Waals surface area (Å²) in [4.78, 5) is 0. The summed E-state index contributed by atoms with van der Waals surface area (Å²) in [5.41, 5.74) is 4.40. The molecule has 0 unspecified atom stereocenters. The fourth-order valence-corrected chi connectivity index (χ4v) is 1.88. The van der Waals surface area contributed by atoms with Gasteiger partial charge in [0.2, 0.25) is 0 Å². The number of aromatic nitrogens is 2. The van der Waals surface area contributed by atoms with Crippen molar-refractivity contribution >= 4 is 16.9 Å². The van der Waals surface area contributed by atoms with E-state index in [1.165, 1.54) is 0 Å². The molecule has 0 aliphatic carbocycles. The van der Waals surface area contributed by atoms with Crippen LogP contribution in [-0.4, -0.2) is 23.7 Å². The zero-order valence-corrected chi connectivity index (χ0v) is 9.50. The SMILES string of the molecule is CNc1cn2ncc(C#N)c(NC)c2c1C. The van der Waals surface area contributed by atoms with Crippen LogP contribution in [0.25, 0.3) is 5.52 Å². The Labute approximate surface area is 93.7 Å². The first kappa shape index (κ1) is 10.3. The summed E-state index contributed by atoms with van der Waals surface area (Å²) in [6, 6.07) is 2.13. The standard InChI is InChI=1S/C11H13N5/c1-7-9(13-2)6-16-11(7)10(14-3)8(4-12)5-15-16/h5-6,13-14H,1-3H3. The maximum absolute atomic E-state index is 9.01. The summed E-state index contributed by atoms with van der Waals surface area (Å²) in [6.07, 6.45) is 3.48. The highest BCUT2D eigenvalue weighted by atomic mass is 15.2. The van der Waals surface area contributed by atoms with Crippen LogP contribution >= 0.6 is 0 Å². The van der Waals surface area contributed by atoms with Crippen molar-refractivity contribution in [2.45, 2.75) is 6.92 Å². The molecule has 82 valence electrons. The Hall–Kier alpha value is -2.22. The van der Waals surface area contributed by atoms with Gasteiger partial charge < -0.3 is 10.6 Å². The zero-order chi connectivity index (χ0) is 11.7. The van der Waals surface area contributed by atoms with Crippen molar-refractivity contribution in [3.63, 3.8) is 0 Å². The first-order chi connectivity index (χ1) is 7.72. The van der Waals surface area contributed by atoms with Gasteiger partial charge in [-0.25, -0.2) is 4.52 Å². The molecule has 0 amide bonds. The monoisotopic (exact) mass is 215 g/mol. The number of anilines is 2. The molecule has 2 aromatic rings. The number of nitriles is 1. The van der Waals surface area contributed by atoms with E-state index in [1.54, 1.807) is 10.7 Å². The highest BCUT2D eigenvalue weighted by molar-refractivity contribution is 5.84. The lowest BCUT2D eigenvalue weighted by Gasteiger charge is -2.06. The summed E-state index contributed by atoms with van der Waals surface area (Å²) in [5, 5.41) is 19.4. The number of fused-ring (bicyclic) bond motifs is 1. The average molecular weight is 215 g/mol. The van der Waals surface area contributed by atoms with E-state index in [1.807, 2.05) is 27.2 Å². The predicted molar refractivity (Wildman–Crippen MR) is 63.7 cm³/mol. The normalized spacial score (nSPS) is 10.1. The summed E-state index contributed by atoms with van der Waals surface area (Å²) in [5.74, 6) is 0. The molecule has 0 aliphatic heterocycles. The van der Waals surface area contributed by atoms with Crippen LogP contribution in [-0.2, 0) is 0 Å². The fourth-order valence-electron chi connectivity index (χ4n) is 1.88. The van der Waals surface area contributed by atoms with E-state index >= 15 is 0 Å². The largest absolute Gasteiger partial charge is 0.387 e. The summed E-state index contributed by atoms with van der Waals surface area (Å²) in [7, 11) is 3.67. The smallest absolute Gasteiger partial charge is 0.103 e. The number of nitrogens with zero attached hydrogens (tertiary/aromatic N) is 3. The lowest BCUT2D eigenvalue weighted by Crippen LogP contribution is -2.00. The van der Waals surface area contributed by atoms with Crippen LogP contribution in [0.5, 0.6) is 0 Å². The van der Waals surface area contributed by atoms with Crippen molar-refractivity contribution in [3.8, 4) is 6.07 Å². The Morgan fingerprint density at radius 3 is 2.69 bits per heavy atom. The Bertz CT molecular complexity index is 576. The maximum Gasteiger partial charge on any atom is 0.103 e. The van der Waals surface area contributed by atoms with Crippen molar-refractivity contribution in [2.75, 3.05) is 24.7 Å². The molecule has 2 heterocycles. The van der Waals surface area contributed by atoms with Gasteiger partial charge in [-0.05, 0) is 6.92 Å². The molecule has 0 aromatic carbocycles. The number of nitrogens with one attached hydrogen (secondary N) is 2. The van der Waals surface area contributed by atoms with Crippen molar-refractivity contribution in [1.29, 1.82) is 5.26 Å². The second-order valence-electron chi connectivity index (χ2n) is 3.51. The summed E-state index contributed by atoms with van der Waals surface area (Å²) in [6.45, 7) is 2.00. The molecule has 5 heteroatoms. The van der Waals surface area contributed by atoms with Crippen molar-refractivity contribution in [1.82, 2.24) is 9.61 Å². The van der Waals surface area contributed by atoms with Gasteiger partial charge in [-0.3, -0.25) is 0 Å². The van der Waals surface area contributed by atoms with E-state index in [9.17, 15) is 0 Å². The van der Waals surface area contributed by atoms with Crippen LogP contribution in [0.3, 0.4) is 0 Å². The molecule has 0 radical (unpaired) electrons. The fraction of sp³-hybridized carbons (Fsp3) is 0.273. The van der Waals surface area contributed by atoms with Gasteiger partial charge in [0.25, 0.3) is 0 Å². The highest BCUT2D eigenvalue weighted by Gasteiger charge is 2.13. The van der Waals surface area contributed by atoms with Crippen LogP contribution in [0.15, 0.2) is 12.4 Å². The van der Waals surface area contributed by atoms with Crippen molar-refractivity contribution in [3.05, 3.63) is 23.5 Å². The first-order valence-corrected chi connectivity index (χ1v) is 4.99. The van der Waals surface area contributed by atoms with Crippen LogP contribution in [0.4, 0.5) is 11.4 Å². The minimum Gasteiger partial charge on any atom is -0.387 e. The molecule has 2 aromatic heterocycles. The quantitative estimate of drug-likeness (QED) is 0.798. The van der Waals surface area contributed by atoms with E-state index in [4.69, 9.17) is 5.26 Å². The Kier molecular flexibility index (Phi) is 2.41. The Morgan fingerprint density at radius 2 is 2.12 bits per heavy atom. The number of aryl methyl sites for hydroxylation is 1. The molecule has 0 saturated carbocycles. The van der Waals surface area contributed by atoms with Crippen molar-refractivity contribution < 1.29 is 0 Å². The van der Waals surface area contributed by atoms with Gasteiger partial charge in [-0.15, -0.1) is 0 Å². The first-order valence-electron chi connectivity index (χ1n) is 4.99. The molecule has 0 atom stereocenters. The highest BCUT2D eigenvalue weighted by Crippen LogP contribution is 2.29. The van der Waals surface area contributed by atoms with Crippen LogP contribution in [0, 0.1) is 18.3 Å². The predicted octanol–water partition coefficient (Wildman–Crippen LogP) is 1.60. The summed E-state index contributed by atoms with van der Waals surface area (Å²) >= 11 is 0. The molecule has 0 spiro atoms. The van der Waals surface area contributed by atoms with Gasteiger partial charge in [0, 0.05) is 19.7 Å². The van der Waals surface area contributed by atoms with E-state index in [-0.39, 0.29) is 0 Å².